The van der Waals surface area contributed by atoms with Gasteiger partial charge in [0.05, 0.1) is 10.6 Å². The SMILES string of the molecule is C[C@@H]1C[C@@H](C)CN(C(=O)CCNc2ncc(C(F)(F)F)cc2Cl)C1. The van der Waals surface area contributed by atoms with Crippen LogP contribution in [0, 0.1) is 11.8 Å². The largest absolute Gasteiger partial charge is 0.417 e. The predicted octanol–water partition coefficient (Wildman–Crippen LogP) is 4.06. The zero-order valence-electron chi connectivity index (χ0n) is 13.7. The fourth-order valence-corrected chi connectivity index (χ4v) is 3.27. The lowest BCUT2D eigenvalue weighted by Crippen LogP contribution is -2.43. The van der Waals surface area contributed by atoms with E-state index < -0.39 is 11.7 Å². The third-order valence-electron chi connectivity index (χ3n) is 4.02. The predicted molar refractivity (Wildman–Crippen MR) is 86.9 cm³/mol. The van der Waals surface area contributed by atoms with Crippen molar-refractivity contribution in [2.75, 3.05) is 25.0 Å². The molecule has 1 aromatic rings. The Morgan fingerprint density at radius 3 is 2.54 bits per heavy atom. The highest BCUT2D eigenvalue weighted by Crippen LogP contribution is 2.32. The lowest BCUT2D eigenvalue weighted by Gasteiger charge is -2.35. The molecule has 4 nitrogen and oxygen atoms in total. The Bertz CT molecular complexity index is 584. The van der Waals surface area contributed by atoms with Gasteiger partial charge in [-0.25, -0.2) is 4.98 Å². The summed E-state index contributed by atoms with van der Waals surface area (Å²) in [5.41, 5.74) is -0.898. The molecule has 1 aromatic heterocycles. The van der Waals surface area contributed by atoms with Crippen LogP contribution in [0.1, 0.15) is 32.3 Å². The Kier molecular flexibility index (Phi) is 5.96. The van der Waals surface area contributed by atoms with Gasteiger partial charge in [-0.3, -0.25) is 4.79 Å². The molecular formula is C16H21ClF3N3O. The third-order valence-corrected chi connectivity index (χ3v) is 4.31. The minimum Gasteiger partial charge on any atom is -0.368 e. The maximum atomic E-state index is 12.6. The first-order chi connectivity index (χ1) is 11.2. The molecule has 1 fully saturated rings. The standard InChI is InChI=1S/C16H21ClF3N3O/c1-10-5-11(2)9-23(8-10)14(24)3-4-21-15-13(17)6-12(7-22-15)16(18,19)20/h6-7,10-11H,3-5,8-9H2,1-2H3,(H,21,22)/t10-,11-/m1/s1. The second-order valence-electron chi connectivity index (χ2n) is 6.47. The van der Waals surface area contributed by atoms with E-state index in [2.05, 4.69) is 24.1 Å². The zero-order chi connectivity index (χ0) is 17.9. The highest BCUT2D eigenvalue weighted by atomic mass is 35.5. The molecule has 0 aromatic carbocycles. The number of nitrogens with one attached hydrogen (secondary N) is 1. The van der Waals surface area contributed by atoms with Crippen LogP contribution in [-0.2, 0) is 11.0 Å². The van der Waals surface area contributed by atoms with Crippen LogP contribution < -0.4 is 5.32 Å². The van der Waals surface area contributed by atoms with E-state index in [9.17, 15) is 18.0 Å². The number of likely N-dealkylation sites (tertiary alicyclic amines) is 1. The third kappa shape index (κ3) is 5.00. The fourth-order valence-electron chi connectivity index (χ4n) is 3.04. The number of anilines is 1. The van der Waals surface area contributed by atoms with E-state index in [0.717, 1.165) is 31.8 Å². The Morgan fingerprint density at radius 1 is 1.38 bits per heavy atom. The highest BCUT2D eigenvalue weighted by Gasteiger charge is 2.31. The van der Waals surface area contributed by atoms with Crippen LogP contribution in [0.15, 0.2) is 12.3 Å². The average Bonchev–Trinajstić information content (AvgIpc) is 2.46. The number of rotatable bonds is 4. The second-order valence-corrected chi connectivity index (χ2v) is 6.88. The van der Waals surface area contributed by atoms with Gasteiger partial charge in [0.2, 0.25) is 5.91 Å². The lowest BCUT2D eigenvalue weighted by atomic mass is 9.92. The number of amides is 1. The van der Waals surface area contributed by atoms with Crippen molar-refractivity contribution >= 4 is 23.3 Å². The smallest absolute Gasteiger partial charge is 0.368 e. The van der Waals surface area contributed by atoms with Crippen molar-refractivity contribution in [2.45, 2.75) is 32.9 Å². The molecule has 1 saturated heterocycles. The van der Waals surface area contributed by atoms with Gasteiger partial charge in [0.15, 0.2) is 0 Å². The Labute approximate surface area is 144 Å². The van der Waals surface area contributed by atoms with Crippen molar-refractivity contribution in [3.8, 4) is 0 Å². The van der Waals surface area contributed by atoms with Crippen molar-refractivity contribution in [3.63, 3.8) is 0 Å². The summed E-state index contributed by atoms with van der Waals surface area (Å²) in [6, 6.07) is 0.826. The minimum atomic E-state index is -4.48. The first-order valence-electron chi connectivity index (χ1n) is 7.91. The molecule has 0 spiro atoms. The molecule has 1 aliphatic heterocycles. The number of halogens is 4. The average molecular weight is 364 g/mol. The zero-order valence-corrected chi connectivity index (χ0v) is 14.4. The summed E-state index contributed by atoms with van der Waals surface area (Å²) in [5.74, 6) is 1.15. The van der Waals surface area contributed by atoms with Crippen molar-refractivity contribution < 1.29 is 18.0 Å². The van der Waals surface area contributed by atoms with Crippen molar-refractivity contribution in [2.24, 2.45) is 11.8 Å². The van der Waals surface area contributed by atoms with Gasteiger partial charge in [-0.1, -0.05) is 25.4 Å². The minimum absolute atomic E-state index is 0.0314. The number of aromatic nitrogens is 1. The number of nitrogens with zero attached hydrogens (tertiary/aromatic N) is 2. The summed E-state index contributed by atoms with van der Waals surface area (Å²) in [6.45, 7) is 6.03. The molecule has 2 heterocycles. The van der Waals surface area contributed by atoms with Gasteiger partial charge in [-0.05, 0) is 24.3 Å². The molecule has 1 amide bonds. The monoisotopic (exact) mass is 363 g/mol. The molecular weight excluding hydrogens is 343 g/mol. The molecule has 134 valence electrons. The fraction of sp³-hybridized carbons (Fsp3) is 0.625. The summed E-state index contributed by atoms with van der Waals surface area (Å²) < 4.78 is 37.7. The first-order valence-corrected chi connectivity index (χ1v) is 8.29. The van der Waals surface area contributed by atoms with Gasteiger partial charge in [-0.2, -0.15) is 13.2 Å². The van der Waals surface area contributed by atoms with Crippen molar-refractivity contribution in [3.05, 3.63) is 22.8 Å². The number of carbonyl (C=O) groups excluding carboxylic acids is 1. The van der Waals surface area contributed by atoms with Gasteiger partial charge in [0.25, 0.3) is 0 Å². The maximum absolute atomic E-state index is 12.6. The topological polar surface area (TPSA) is 45.2 Å². The molecule has 0 saturated carbocycles. The molecule has 1 aliphatic rings. The van der Waals surface area contributed by atoms with Crippen molar-refractivity contribution in [1.82, 2.24) is 9.88 Å². The number of alkyl halides is 3. The Hall–Kier alpha value is -1.50. The molecule has 0 radical (unpaired) electrons. The van der Waals surface area contributed by atoms with E-state index in [-0.39, 0.29) is 29.7 Å². The summed E-state index contributed by atoms with van der Waals surface area (Å²) in [4.78, 5) is 17.8. The van der Waals surface area contributed by atoms with Crippen LogP contribution in [0.2, 0.25) is 5.02 Å². The molecule has 8 heteroatoms. The first kappa shape index (κ1) is 18.8. The molecule has 0 bridgehead atoms. The van der Waals surface area contributed by atoms with Crippen LogP contribution >= 0.6 is 11.6 Å². The van der Waals surface area contributed by atoms with E-state index >= 15 is 0 Å². The normalized spacial score (nSPS) is 21.7. The molecule has 0 unspecified atom stereocenters. The Balaban J connectivity index is 1.87. The highest BCUT2D eigenvalue weighted by molar-refractivity contribution is 6.32. The molecule has 1 N–H and O–H groups in total. The Morgan fingerprint density at radius 2 is 2.00 bits per heavy atom. The van der Waals surface area contributed by atoms with Gasteiger partial charge in [0.1, 0.15) is 5.82 Å². The lowest BCUT2D eigenvalue weighted by molar-refractivity contribution is -0.137. The van der Waals surface area contributed by atoms with Crippen LogP contribution in [0.4, 0.5) is 19.0 Å². The number of hydrogen-bond acceptors (Lipinski definition) is 3. The molecule has 2 rings (SSSR count). The van der Waals surface area contributed by atoms with Gasteiger partial charge in [-0.15, -0.1) is 0 Å². The number of piperidine rings is 1. The molecule has 2 atom stereocenters. The maximum Gasteiger partial charge on any atom is 0.417 e. The van der Waals surface area contributed by atoms with Crippen LogP contribution in [0.5, 0.6) is 0 Å². The summed E-state index contributed by atoms with van der Waals surface area (Å²) in [6.07, 6.45) is -2.39. The van der Waals surface area contributed by atoms with Crippen LogP contribution in [0.3, 0.4) is 0 Å². The van der Waals surface area contributed by atoms with Crippen LogP contribution in [-0.4, -0.2) is 35.4 Å². The van der Waals surface area contributed by atoms with Crippen molar-refractivity contribution in [1.29, 1.82) is 0 Å². The summed E-state index contributed by atoms with van der Waals surface area (Å²) in [5, 5.41) is 2.71. The summed E-state index contributed by atoms with van der Waals surface area (Å²) >= 11 is 5.82. The second kappa shape index (κ2) is 7.59. The van der Waals surface area contributed by atoms with Gasteiger partial charge >= 0.3 is 6.18 Å². The van der Waals surface area contributed by atoms with E-state index in [1.807, 2.05) is 4.90 Å². The van der Waals surface area contributed by atoms with Gasteiger partial charge in [0, 0.05) is 32.3 Å². The van der Waals surface area contributed by atoms with Crippen LogP contribution in [0.25, 0.3) is 0 Å². The van der Waals surface area contributed by atoms with Gasteiger partial charge < -0.3 is 10.2 Å². The number of hydrogen-bond donors (Lipinski definition) is 1. The van der Waals surface area contributed by atoms with E-state index in [4.69, 9.17) is 11.6 Å². The molecule has 24 heavy (non-hydrogen) atoms. The van der Waals surface area contributed by atoms with E-state index in [1.54, 1.807) is 0 Å². The quantitative estimate of drug-likeness (QED) is 0.877. The van der Waals surface area contributed by atoms with E-state index in [1.165, 1.54) is 0 Å². The summed E-state index contributed by atoms with van der Waals surface area (Å²) in [7, 11) is 0. The molecule has 0 aliphatic carbocycles. The number of carbonyl (C=O) groups is 1. The number of pyridine rings is 1. The van der Waals surface area contributed by atoms with E-state index in [0.29, 0.717) is 11.8 Å².